The van der Waals surface area contributed by atoms with Gasteiger partial charge in [0.05, 0.1) is 17.9 Å². The first-order valence-electron chi connectivity index (χ1n) is 11.3. The van der Waals surface area contributed by atoms with Crippen molar-refractivity contribution in [2.75, 3.05) is 26.4 Å². The SMILES string of the molecule is CCn1nc(C[C@@H](C)COC(=O)c2cccc(F)c2)c2c1C(=O)NCC1(CCOCC1)C2. The van der Waals surface area contributed by atoms with Crippen molar-refractivity contribution in [3.8, 4) is 0 Å². The van der Waals surface area contributed by atoms with E-state index >= 15 is 0 Å². The van der Waals surface area contributed by atoms with E-state index in [9.17, 15) is 14.0 Å². The lowest BCUT2D eigenvalue weighted by Crippen LogP contribution is -2.40. The maximum absolute atomic E-state index is 13.4. The van der Waals surface area contributed by atoms with E-state index in [0.717, 1.165) is 30.5 Å². The van der Waals surface area contributed by atoms with Gasteiger partial charge in [-0.3, -0.25) is 9.48 Å². The molecule has 2 aliphatic rings. The van der Waals surface area contributed by atoms with Crippen molar-refractivity contribution in [3.63, 3.8) is 0 Å². The number of aryl methyl sites for hydroxylation is 1. The van der Waals surface area contributed by atoms with Crippen molar-refractivity contribution in [3.05, 3.63) is 52.6 Å². The number of halogens is 1. The standard InChI is InChI=1S/C24H30FN3O4/c1-3-28-21-19(13-24(15-26-22(21)29)7-9-31-10-8-24)20(27-28)11-16(2)14-32-23(30)17-5-4-6-18(25)12-17/h4-6,12,16H,3,7-11,13-15H2,1-2H3,(H,26,29)/t16-/m1/s1. The largest absolute Gasteiger partial charge is 0.462 e. The zero-order chi connectivity index (χ0) is 22.7. The zero-order valence-electron chi connectivity index (χ0n) is 18.7. The maximum atomic E-state index is 13.4. The topological polar surface area (TPSA) is 82.5 Å². The molecular formula is C24H30FN3O4. The van der Waals surface area contributed by atoms with Crippen LogP contribution in [0.2, 0.25) is 0 Å². The smallest absolute Gasteiger partial charge is 0.338 e. The zero-order valence-corrected chi connectivity index (χ0v) is 18.7. The number of fused-ring (bicyclic) bond motifs is 1. The number of amides is 1. The fourth-order valence-electron chi connectivity index (χ4n) is 4.63. The number of rotatable bonds is 6. The minimum Gasteiger partial charge on any atom is -0.462 e. The number of carbonyl (C=O) groups excluding carboxylic acids is 2. The number of esters is 1. The third-order valence-electron chi connectivity index (χ3n) is 6.48. The summed E-state index contributed by atoms with van der Waals surface area (Å²) in [5.74, 6) is -1.10. The number of nitrogens with one attached hydrogen (secondary N) is 1. The number of ether oxygens (including phenoxy) is 2. The van der Waals surface area contributed by atoms with Gasteiger partial charge in [-0.05, 0) is 62.1 Å². The maximum Gasteiger partial charge on any atom is 0.338 e. The number of aromatic nitrogens is 2. The number of hydrogen-bond donors (Lipinski definition) is 1. The summed E-state index contributed by atoms with van der Waals surface area (Å²) in [6.07, 6.45) is 3.19. The second kappa shape index (κ2) is 9.40. The molecular weight excluding hydrogens is 413 g/mol. The summed E-state index contributed by atoms with van der Waals surface area (Å²) in [5, 5.41) is 7.86. The molecule has 172 valence electrons. The van der Waals surface area contributed by atoms with Crippen LogP contribution in [-0.2, 0) is 28.9 Å². The molecule has 1 saturated heterocycles. The Morgan fingerprint density at radius 3 is 2.88 bits per heavy atom. The highest BCUT2D eigenvalue weighted by atomic mass is 19.1. The van der Waals surface area contributed by atoms with Crippen LogP contribution in [0.4, 0.5) is 4.39 Å². The molecule has 0 saturated carbocycles. The monoisotopic (exact) mass is 443 g/mol. The average molecular weight is 444 g/mol. The second-order valence-electron chi connectivity index (χ2n) is 8.98. The van der Waals surface area contributed by atoms with Crippen LogP contribution < -0.4 is 5.32 Å². The van der Waals surface area contributed by atoms with E-state index in [1.54, 1.807) is 4.68 Å². The summed E-state index contributed by atoms with van der Waals surface area (Å²) < 4.78 is 26.1. The van der Waals surface area contributed by atoms with Crippen LogP contribution in [-0.4, -0.2) is 48.0 Å². The Morgan fingerprint density at radius 1 is 1.38 bits per heavy atom. The second-order valence-corrected chi connectivity index (χ2v) is 8.98. The van der Waals surface area contributed by atoms with Gasteiger partial charge in [0.15, 0.2) is 0 Å². The molecule has 1 atom stereocenters. The van der Waals surface area contributed by atoms with Crippen molar-refractivity contribution in [2.24, 2.45) is 11.3 Å². The molecule has 0 aliphatic carbocycles. The molecule has 0 bridgehead atoms. The van der Waals surface area contributed by atoms with Crippen molar-refractivity contribution < 1.29 is 23.5 Å². The Morgan fingerprint density at radius 2 is 2.16 bits per heavy atom. The van der Waals surface area contributed by atoms with Gasteiger partial charge in [0, 0.05) is 31.9 Å². The van der Waals surface area contributed by atoms with Crippen LogP contribution in [0.15, 0.2) is 24.3 Å². The van der Waals surface area contributed by atoms with Crippen LogP contribution in [0.25, 0.3) is 0 Å². The lowest BCUT2D eigenvalue weighted by Gasteiger charge is -2.36. The van der Waals surface area contributed by atoms with Crippen LogP contribution >= 0.6 is 0 Å². The lowest BCUT2D eigenvalue weighted by molar-refractivity contribution is 0.0160. The number of nitrogens with zero attached hydrogens (tertiary/aromatic N) is 2. The lowest BCUT2D eigenvalue weighted by atomic mass is 9.75. The summed E-state index contributed by atoms with van der Waals surface area (Å²) in [5.41, 5.74) is 2.73. The Hall–Kier alpha value is -2.74. The molecule has 2 aliphatic heterocycles. The summed E-state index contributed by atoms with van der Waals surface area (Å²) >= 11 is 0. The molecule has 8 heteroatoms. The predicted molar refractivity (Wildman–Crippen MR) is 116 cm³/mol. The van der Waals surface area contributed by atoms with E-state index in [0.29, 0.717) is 38.4 Å². The number of carbonyl (C=O) groups is 2. The Kier molecular flexibility index (Phi) is 6.60. The molecule has 32 heavy (non-hydrogen) atoms. The molecule has 0 radical (unpaired) electrons. The summed E-state index contributed by atoms with van der Waals surface area (Å²) in [4.78, 5) is 25.2. The van der Waals surface area contributed by atoms with E-state index in [-0.39, 0.29) is 29.4 Å². The minimum atomic E-state index is -0.546. The first-order chi connectivity index (χ1) is 15.4. The van der Waals surface area contributed by atoms with Gasteiger partial charge in [-0.25, -0.2) is 9.18 Å². The van der Waals surface area contributed by atoms with Gasteiger partial charge >= 0.3 is 5.97 Å². The van der Waals surface area contributed by atoms with Crippen molar-refractivity contribution in [1.82, 2.24) is 15.1 Å². The third-order valence-corrected chi connectivity index (χ3v) is 6.48. The van der Waals surface area contributed by atoms with Gasteiger partial charge < -0.3 is 14.8 Å². The third kappa shape index (κ3) is 4.70. The molecule has 3 heterocycles. The van der Waals surface area contributed by atoms with E-state index < -0.39 is 11.8 Å². The van der Waals surface area contributed by atoms with Crippen molar-refractivity contribution in [1.29, 1.82) is 0 Å². The molecule has 1 aromatic carbocycles. The van der Waals surface area contributed by atoms with E-state index in [4.69, 9.17) is 14.6 Å². The molecule has 1 spiro atoms. The Balaban J connectivity index is 1.50. The quantitative estimate of drug-likeness (QED) is 0.694. The summed E-state index contributed by atoms with van der Waals surface area (Å²) in [6.45, 7) is 6.81. The average Bonchev–Trinajstić information content (AvgIpc) is 3.06. The van der Waals surface area contributed by atoms with Crippen LogP contribution in [0.5, 0.6) is 0 Å². The minimum absolute atomic E-state index is 0.00577. The Labute approximate surface area is 187 Å². The molecule has 0 unspecified atom stereocenters. The molecule has 1 aromatic heterocycles. The molecule has 2 aromatic rings. The first-order valence-corrected chi connectivity index (χ1v) is 11.3. The normalized spacial score (nSPS) is 18.5. The van der Waals surface area contributed by atoms with E-state index in [1.807, 2.05) is 13.8 Å². The van der Waals surface area contributed by atoms with E-state index in [2.05, 4.69) is 5.32 Å². The highest BCUT2D eigenvalue weighted by Crippen LogP contribution is 2.38. The van der Waals surface area contributed by atoms with Gasteiger partial charge in [-0.15, -0.1) is 0 Å². The highest BCUT2D eigenvalue weighted by molar-refractivity contribution is 5.94. The van der Waals surface area contributed by atoms with E-state index in [1.165, 1.54) is 24.3 Å². The van der Waals surface area contributed by atoms with Crippen molar-refractivity contribution in [2.45, 2.75) is 46.1 Å². The Bertz CT molecular complexity index is 997. The highest BCUT2D eigenvalue weighted by Gasteiger charge is 2.39. The van der Waals surface area contributed by atoms with Crippen LogP contribution in [0.3, 0.4) is 0 Å². The van der Waals surface area contributed by atoms with Gasteiger partial charge in [-0.1, -0.05) is 13.0 Å². The van der Waals surface area contributed by atoms with Crippen molar-refractivity contribution >= 4 is 11.9 Å². The number of hydrogen-bond acceptors (Lipinski definition) is 5. The van der Waals surface area contributed by atoms with Gasteiger partial charge in [0.25, 0.3) is 5.91 Å². The van der Waals surface area contributed by atoms with Gasteiger partial charge in [0.2, 0.25) is 0 Å². The fourth-order valence-corrected chi connectivity index (χ4v) is 4.63. The van der Waals surface area contributed by atoms with Crippen LogP contribution in [0, 0.1) is 17.2 Å². The molecule has 1 fully saturated rings. The molecule has 1 N–H and O–H groups in total. The first kappa shape index (κ1) is 22.5. The fraction of sp³-hybridized carbons (Fsp3) is 0.542. The van der Waals surface area contributed by atoms with Gasteiger partial charge in [-0.2, -0.15) is 5.10 Å². The molecule has 4 rings (SSSR count). The molecule has 7 nitrogen and oxygen atoms in total. The molecule has 1 amide bonds. The summed E-state index contributed by atoms with van der Waals surface area (Å²) in [7, 11) is 0. The van der Waals surface area contributed by atoms with Gasteiger partial charge in [0.1, 0.15) is 11.5 Å². The van der Waals surface area contributed by atoms with Crippen LogP contribution in [0.1, 0.15) is 58.8 Å². The predicted octanol–water partition coefficient (Wildman–Crippen LogP) is 3.16. The number of benzene rings is 1. The summed E-state index contributed by atoms with van der Waals surface area (Å²) in [6, 6.07) is 5.47.